The van der Waals surface area contributed by atoms with Crippen molar-refractivity contribution in [3.05, 3.63) is 45.2 Å². The Morgan fingerprint density at radius 2 is 2.14 bits per heavy atom. The maximum absolute atomic E-state index is 12.4. The maximum atomic E-state index is 12.4. The lowest BCUT2D eigenvalue weighted by atomic mass is 10.1. The van der Waals surface area contributed by atoms with E-state index in [0.717, 1.165) is 0 Å². The lowest BCUT2D eigenvalue weighted by Gasteiger charge is -2.11. The van der Waals surface area contributed by atoms with Gasteiger partial charge in [-0.05, 0) is 18.6 Å². The second-order valence-corrected chi connectivity index (χ2v) is 7.90. The van der Waals surface area contributed by atoms with Gasteiger partial charge in [-0.1, -0.05) is 17.7 Å². The molecule has 0 radical (unpaired) electrons. The molecule has 1 amide bonds. The van der Waals surface area contributed by atoms with Gasteiger partial charge < -0.3 is 10.3 Å². The molecule has 1 aromatic heterocycles. The molecule has 2 heterocycles. The summed E-state index contributed by atoms with van der Waals surface area (Å²) in [5.74, 6) is -0.609. The number of H-pyrrole nitrogens is 1. The van der Waals surface area contributed by atoms with Crippen LogP contribution < -0.4 is 10.7 Å². The van der Waals surface area contributed by atoms with Crippen LogP contribution in [0, 0.1) is 0 Å². The van der Waals surface area contributed by atoms with E-state index in [4.69, 9.17) is 11.6 Å². The van der Waals surface area contributed by atoms with Crippen molar-refractivity contribution in [2.45, 2.75) is 12.5 Å². The molecule has 2 N–H and O–H groups in total. The molecule has 6 nitrogen and oxygen atoms in total. The number of halogens is 1. The lowest BCUT2D eigenvalue weighted by Crippen LogP contribution is -2.38. The summed E-state index contributed by atoms with van der Waals surface area (Å²) in [5, 5.41) is 3.31. The van der Waals surface area contributed by atoms with E-state index < -0.39 is 27.2 Å². The standard InChI is InChI=1S/C14H13ClN2O4S/c15-11-3-1-2-9-12(11)16-6-10(13(9)18)14(19)17-8-4-5-22(20,21)7-8/h1-3,6,8H,4-5,7H2,(H,16,18)(H,17,19). The van der Waals surface area contributed by atoms with E-state index in [1.54, 1.807) is 18.2 Å². The van der Waals surface area contributed by atoms with Gasteiger partial charge in [0.1, 0.15) is 5.56 Å². The van der Waals surface area contributed by atoms with E-state index >= 15 is 0 Å². The number of carbonyl (C=O) groups is 1. The van der Waals surface area contributed by atoms with Crippen molar-refractivity contribution in [3.8, 4) is 0 Å². The zero-order valence-electron chi connectivity index (χ0n) is 11.4. The number of hydrogen-bond acceptors (Lipinski definition) is 4. The fourth-order valence-electron chi connectivity index (χ4n) is 2.56. The molecule has 0 bridgehead atoms. The fourth-order valence-corrected chi connectivity index (χ4v) is 4.46. The zero-order chi connectivity index (χ0) is 15.9. The first-order valence-corrected chi connectivity index (χ1v) is 8.88. The molecule has 0 spiro atoms. The molecule has 1 fully saturated rings. The van der Waals surface area contributed by atoms with Crippen LogP contribution >= 0.6 is 11.6 Å². The quantitative estimate of drug-likeness (QED) is 0.855. The van der Waals surface area contributed by atoms with E-state index in [9.17, 15) is 18.0 Å². The van der Waals surface area contributed by atoms with Gasteiger partial charge >= 0.3 is 0 Å². The average Bonchev–Trinajstić information content (AvgIpc) is 2.79. The van der Waals surface area contributed by atoms with Gasteiger partial charge in [0.2, 0.25) is 5.43 Å². The predicted octanol–water partition coefficient (Wildman–Crippen LogP) is 1.10. The largest absolute Gasteiger partial charge is 0.359 e. The monoisotopic (exact) mass is 340 g/mol. The van der Waals surface area contributed by atoms with Crippen molar-refractivity contribution in [2.24, 2.45) is 0 Å². The van der Waals surface area contributed by atoms with Crippen LogP contribution in [0.2, 0.25) is 5.02 Å². The minimum atomic E-state index is -3.09. The van der Waals surface area contributed by atoms with E-state index in [1.807, 2.05) is 0 Å². The van der Waals surface area contributed by atoms with Gasteiger partial charge in [-0.25, -0.2) is 8.42 Å². The Morgan fingerprint density at radius 1 is 1.36 bits per heavy atom. The number of aromatic nitrogens is 1. The summed E-state index contributed by atoms with van der Waals surface area (Å²) >= 11 is 5.99. The highest BCUT2D eigenvalue weighted by atomic mass is 35.5. The highest BCUT2D eigenvalue weighted by Crippen LogP contribution is 2.19. The number of nitrogens with one attached hydrogen (secondary N) is 2. The van der Waals surface area contributed by atoms with Crippen molar-refractivity contribution in [1.29, 1.82) is 0 Å². The van der Waals surface area contributed by atoms with Crippen molar-refractivity contribution in [1.82, 2.24) is 10.3 Å². The number of aromatic amines is 1. The molecule has 2 aromatic rings. The molecule has 1 saturated heterocycles. The molecule has 1 unspecified atom stereocenters. The molecular weight excluding hydrogens is 328 g/mol. The topological polar surface area (TPSA) is 96.1 Å². The van der Waals surface area contributed by atoms with Crippen LogP contribution in [0.4, 0.5) is 0 Å². The Hall–Kier alpha value is -1.86. The van der Waals surface area contributed by atoms with E-state index in [-0.39, 0.29) is 17.1 Å². The first kappa shape index (κ1) is 15.1. The highest BCUT2D eigenvalue weighted by molar-refractivity contribution is 7.91. The third kappa shape index (κ3) is 2.74. The summed E-state index contributed by atoms with van der Waals surface area (Å²) in [4.78, 5) is 27.4. The SMILES string of the molecule is O=C(NC1CCS(=O)(=O)C1)c1c[nH]c2c(Cl)cccc2c1=O. The van der Waals surface area contributed by atoms with Gasteiger partial charge in [0.05, 0.1) is 22.0 Å². The van der Waals surface area contributed by atoms with Gasteiger partial charge in [-0.3, -0.25) is 9.59 Å². The Balaban J connectivity index is 1.92. The zero-order valence-corrected chi connectivity index (χ0v) is 13.0. The Bertz CT molecular complexity index is 920. The summed E-state index contributed by atoms with van der Waals surface area (Å²) in [6.45, 7) is 0. The van der Waals surface area contributed by atoms with Gasteiger partial charge in [-0.15, -0.1) is 0 Å². The van der Waals surface area contributed by atoms with Crippen LogP contribution in [-0.4, -0.2) is 36.9 Å². The second kappa shape index (κ2) is 5.40. The van der Waals surface area contributed by atoms with E-state index in [2.05, 4.69) is 10.3 Å². The van der Waals surface area contributed by atoms with E-state index in [1.165, 1.54) is 6.20 Å². The molecule has 22 heavy (non-hydrogen) atoms. The highest BCUT2D eigenvalue weighted by Gasteiger charge is 2.29. The van der Waals surface area contributed by atoms with Crippen LogP contribution in [0.3, 0.4) is 0 Å². The number of sulfone groups is 1. The average molecular weight is 341 g/mol. The smallest absolute Gasteiger partial charge is 0.257 e. The third-order valence-electron chi connectivity index (χ3n) is 3.68. The van der Waals surface area contributed by atoms with Gasteiger partial charge in [0, 0.05) is 17.6 Å². The van der Waals surface area contributed by atoms with E-state index in [0.29, 0.717) is 22.3 Å². The van der Waals surface area contributed by atoms with Crippen LogP contribution in [0.1, 0.15) is 16.8 Å². The molecule has 0 aliphatic carbocycles. The number of pyridine rings is 1. The lowest BCUT2D eigenvalue weighted by molar-refractivity contribution is 0.0940. The first-order chi connectivity index (χ1) is 10.4. The Labute approximate surface area is 131 Å². The van der Waals surface area contributed by atoms with Crippen LogP contribution in [0.5, 0.6) is 0 Å². The predicted molar refractivity (Wildman–Crippen MR) is 84.1 cm³/mol. The van der Waals surface area contributed by atoms with Gasteiger partial charge in [0.15, 0.2) is 9.84 Å². The summed E-state index contributed by atoms with van der Waals surface area (Å²) in [6, 6.07) is 4.40. The van der Waals surface area contributed by atoms with Crippen molar-refractivity contribution in [2.75, 3.05) is 11.5 Å². The summed E-state index contributed by atoms with van der Waals surface area (Å²) in [5.41, 5.74) is -0.0252. The molecule has 1 aliphatic heterocycles. The van der Waals surface area contributed by atoms with Crippen LogP contribution in [0.15, 0.2) is 29.2 Å². The van der Waals surface area contributed by atoms with Crippen LogP contribution in [-0.2, 0) is 9.84 Å². The number of hydrogen-bond donors (Lipinski definition) is 2. The van der Waals surface area contributed by atoms with Crippen LogP contribution in [0.25, 0.3) is 10.9 Å². The molecule has 3 rings (SSSR count). The molecule has 1 aromatic carbocycles. The number of fused-ring (bicyclic) bond motifs is 1. The van der Waals surface area contributed by atoms with Crippen molar-refractivity contribution < 1.29 is 13.2 Å². The maximum Gasteiger partial charge on any atom is 0.257 e. The van der Waals surface area contributed by atoms with Crippen molar-refractivity contribution >= 4 is 38.2 Å². The Kier molecular flexibility index (Phi) is 3.70. The van der Waals surface area contributed by atoms with Gasteiger partial charge in [-0.2, -0.15) is 0 Å². The minimum Gasteiger partial charge on any atom is -0.359 e. The summed E-state index contributed by atoms with van der Waals surface area (Å²) < 4.78 is 22.8. The molecule has 1 atom stereocenters. The minimum absolute atomic E-state index is 0.0564. The summed E-state index contributed by atoms with van der Waals surface area (Å²) in [6.07, 6.45) is 1.67. The molecule has 0 saturated carbocycles. The second-order valence-electron chi connectivity index (χ2n) is 5.27. The van der Waals surface area contributed by atoms with Gasteiger partial charge in [0.25, 0.3) is 5.91 Å². The molecule has 8 heteroatoms. The molecular formula is C14H13ClN2O4S. The third-order valence-corrected chi connectivity index (χ3v) is 5.76. The fraction of sp³-hybridized carbons (Fsp3) is 0.286. The molecule has 1 aliphatic rings. The molecule has 116 valence electrons. The number of amides is 1. The number of carbonyl (C=O) groups excluding carboxylic acids is 1. The summed E-state index contributed by atoms with van der Waals surface area (Å²) in [7, 11) is -3.09. The number of para-hydroxylation sites is 1. The first-order valence-electron chi connectivity index (χ1n) is 6.68. The number of benzene rings is 1. The normalized spacial score (nSPS) is 20.1. The Morgan fingerprint density at radius 3 is 2.82 bits per heavy atom. The number of rotatable bonds is 2. The van der Waals surface area contributed by atoms with Crippen molar-refractivity contribution in [3.63, 3.8) is 0 Å².